The van der Waals surface area contributed by atoms with Crippen molar-refractivity contribution in [2.75, 3.05) is 0 Å². The van der Waals surface area contributed by atoms with E-state index in [9.17, 15) is 0 Å². The minimum atomic E-state index is 1.21. The van der Waals surface area contributed by atoms with Crippen LogP contribution in [0.4, 0.5) is 0 Å². The second-order valence-electron chi connectivity index (χ2n) is 0.744. The topological polar surface area (TPSA) is 21.9 Å². The van der Waals surface area contributed by atoms with Crippen LogP contribution in [0.15, 0.2) is 11.6 Å². The standard InChI is InChI=1S/C2H4NP/c4-2-1-3-2/h1,3H,4H2. The lowest BCUT2D eigenvalue weighted by molar-refractivity contribution is 1.43. The third-order valence-corrected chi connectivity index (χ3v) is 0.644. The third kappa shape index (κ3) is 0.210. The summed E-state index contributed by atoms with van der Waals surface area (Å²) in [5.74, 6) is 0. The molecule has 0 spiro atoms. The lowest BCUT2D eigenvalue weighted by atomic mass is 11.3. The molecule has 0 fully saturated rings. The molecule has 1 nitrogen and oxygen atoms in total. The van der Waals surface area contributed by atoms with Crippen molar-refractivity contribution in [2.24, 2.45) is 0 Å². The van der Waals surface area contributed by atoms with Crippen LogP contribution < -0.4 is 5.32 Å². The quantitative estimate of drug-likeness (QED) is 0.408. The molecule has 0 amide bonds. The van der Waals surface area contributed by atoms with Crippen LogP contribution in [0, 0.1) is 0 Å². The molecular weight excluding hydrogens is 69.0 g/mol. The predicted molar refractivity (Wildman–Crippen MR) is 20.9 cm³/mol. The van der Waals surface area contributed by atoms with Crippen LogP contribution in [-0.4, -0.2) is 0 Å². The van der Waals surface area contributed by atoms with Crippen LogP contribution in [0.3, 0.4) is 0 Å². The van der Waals surface area contributed by atoms with Crippen LogP contribution in [0.5, 0.6) is 0 Å². The molecule has 0 aliphatic carbocycles. The minimum absolute atomic E-state index is 1.21. The van der Waals surface area contributed by atoms with Crippen molar-refractivity contribution in [1.29, 1.82) is 0 Å². The highest BCUT2D eigenvalue weighted by atomic mass is 31.0. The molecule has 1 rings (SSSR count). The summed E-state index contributed by atoms with van der Waals surface area (Å²) in [4.78, 5) is 0. The van der Waals surface area contributed by atoms with Gasteiger partial charge in [0.2, 0.25) is 0 Å². The summed E-state index contributed by atoms with van der Waals surface area (Å²) in [6.07, 6.45) is 1.92. The molecule has 1 unspecified atom stereocenters. The number of rotatable bonds is 0. The van der Waals surface area contributed by atoms with Gasteiger partial charge in [-0.15, -0.1) is 0 Å². The normalized spacial score (nSPS) is 17.8. The van der Waals surface area contributed by atoms with Gasteiger partial charge in [-0.05, 0) is 0 Å². The molecule has 0 aromatic heterocycles. The van der Waals surface area contributed by atoms with Crippen molar-refractivity contribution in [3.8, 4) is 0 Å². The zero-order valence-corrected chi connectivity index (χ0v) is 3.31. The van der Waals surface area contributed by atoms with Crippen molar-refractivity contribution < 1.29 is 0 Å². The van der Waals surface area contributed by atoms with Crippen molar-refractivity contribution in [1.82, 2.24) is 5.32 Å². The summed E-state index contributed by atoms with van der Waals surface area (Å²) < 4.78 is 0. The van der Waals surface area contributed by atoms with Gasteiger partial charge in [0.25, 0.3) is 0 Å². The molecule has 0 radical (unpaired) electrons. The van der Waals surface area contributed by atoms with Gasteiger partial charge < -0.3 is 5.32 Å². The van der Waals surface area contributed by atoms with E-state index < -0.39 is 0 Å². The van der Waals surface area contributed by atoms with E-state index in [4.69, 9.17) is 0 Å². The fraction of sp³-hybridized carbons (Fsp3) is 0. The first-order chi connectivity index (χ1) is 1.89. The summed E-state index contributed by atoms with van der Waals surface area (Å²) in [7, 11) is 2.52. The molecule has 0 aromatic carbocycles. The zero-order chi connectivity index (χ0) is 2.99. The van der Waals surface area contributed by atoms with Gasteiger partial charge in [0.05, 0.1) is 0 Å². The Labute approximate surface area is 27.3 Å². The molecule has 1 heterocycles. The molecule has 1 aliphatic rings. The Bertz CT molecular complexity index is 57.1. The molecular formula is C2H4NP. The lowest BCUT2D eigenvalue weighted by Gasteiger charge is -1.53. The largest absolute Gasteiger partial charge is 0.359 e. The van der Waals surface area contributed by atoms with Gasteiger partial charge >= 0.3 is 0 Å². The third-order valence-electron chi connectivity index (χ3n) is 0.311. The number of hydrogen-bond donors (Lipinski definition) is 1. The number of nitrogens with one attached hydrogen (secondary N) is 1. The summed E-state index contributed by atoms with van der Waals surface area (Å²) >= 11 is 0. The zero-order valence-electron chi connectivity index (χ0n) is 2.15. The Morgan fingerprint density at radius 3 is 2.25 bits per heavy atom. The lowest BCUT2D eigenvalue weighted by Crippen LogP contribution is -1.61. The van der Waals surface area contributed by atoms with Gasteiger partial charge in [-0.1, -0.05) is 9.24 Å². The molecule has 0 saturated carbocycles. The highest BCUT2D eigenvalue weighted by molar-refractivity contribution is 7.23. The Balaban J connectivity index is 2.54. The number of hydrogen-bond acceptors (Lipinski definition) is 1. The Morgan fingerprint density at radius 2 is 2.25 bits per heavy atom. The Kier molecular flexibility index (Phi) is 0.259. The second-order valence-corrected chi connectivity index (χ2v) is 1.37. The summed E-state index contributed by atoms with van der Waals surface area (Å²) in [5, 5.41) is 2.85. The van der Waals surface area contributed by atoms with E-state index in [1.165, 1.54) is 5.44 Å². The van der Waals surface area contributed by atoms with Gasteiger partial charge in [-0.25, -0.2) is 0 Å². The Hall–Kier alpha value is -0.0300. The summed E-state index contributed by atoms with van der Waals surface area (Å²) in [6.45, 7) is 0. The molecule has 0 bridgehead atoms. The monoisotopic (exact) mass is 73.0 g/mol. The molecule has 0 aromatic rings. The smallest absolute Gasteiger partial charge is 0.0482 e. The van der Waals surface area contributed by atoms with E-state index in [0.717, 1.165) is 0 Å². The summed E-state index contributed by atoms with van der Waals surface area (Å²) in [6, 6.07) is 0. The summed E-state index contributed by atoms with van der Waals surface area (Å²) in [5.41, 5.74) is 1.21. The van der Waals surface area contributed by atoms with E-state index in [-0.39, 0.29) is 0 Å². The van der Waals surface area contributed by atoms with Gasteiger partial charge in [0, 0.05) is 11.6 Å². The van der Waals surface area contributed by atoms with E-state index >= 15 is 0 Å². The minimum Gasteiger partial charge on any atom is -0.359 e. The van der Waals surface area contributed by atoms with Gasteiger partial charge in [-0.3, -0.25) is 0 Å². The molecule has 22 valence electrons. The first-order valence-corrected chi connectivity index (χ1v) is 1.69. The molecule has 1 atom stereocenters. The van der Waals surface area contributed by atoms with Crippen LogP contribution in [0.2, 0.25) is 0 Å². The average molecular weight is 73.0 g/mol. The maximum atomic E-state index is 2.85. The fourth-order valence-electron chi connectivity index (χ4n) is 0.0417. The highest BCUT2D eigenvalue weighted by Crippen LogP contribution is 2.07. The SMILES string of the molecule is PC1=CN1. The Morgan fingerprint density at radius 1 is 2.00 bits per heavy atom. The molecule has 1 aliphatic heterocycles. The molecule has 0 saturated heterocycles. The van der Waals surface area contributed by atoms with E-state index in [1.54, 1.807) is 0 Å². The van der Waals surface area contributed by atoms with Crippen molar-refractivity contribution in [3.05, 3.63) is 11.6 Å². The van der Waals surface area contributed by atoms with Gasteiger partial charge in [-0.2, -0.15) is 0 Å². The molecule has 4 heavy (non-hydrogen) atoms. The van der Waals surface area contributed by atoms with Crippen LogP contribution in [-0.2, 0) is 0 Å². The predicted octanol–water partition coefficient (Wildman–Crippen LogP) is 0.264. The average Bonchev–Trinajstić information content (AvgIpc) is 1.75. The first-order valence-electron chi connectivity index (χ1n) is 1.12. The van der Waals surface area contributed by atoms with Crippen LogP contribution >= 0.6 is 9.24 Å². The highest BCUT2D eigenvalue weighted by Gasteiger charge is 1.91. The van der Waals surface area contributed by atoms with E-state index in [2.05, 4.69) is 14.6 Å². The van der Waals surface area contributed by atoms with E-state index in [0.29, 0.717) is 0 Å². The second kappa shape index (κ2) is 0.467. The van der Waals surface area contributed by atoms with E-state index in [1.807, 2.05) is 6.20 Å². The van der Waals surface area contributed by atoms with Gasteiger partial charge in [0.15, 0.2) is 0 Å². The molecule has 1 N–H and O–H groups in total. The van der Waals surface area contributed by atoms with Gasteiger partial charge in [0.1, 0.15) is 0 Å². The van der Waals surface area contributed by atoms with Crippen molar-refractivity contribution >= 4 is 9.24 Å². The maximum Gasteiger partial charge on any atom is 0.0482 e. The van der Waals surface area contributed by atoms with Crippen LogP contribution in [0.1, 0.15) is 0 Å². The van der Waals surface area contributed by atoms with Crippen molar-refractivity contribution in [3.63, 3.8) is 0 Å². The van der Waals surface area contributed by atoms with Crippen LogP contribution in [0.25, 0.3) is 0 Å². The maximum absolute atomic E-state index is 2.85. The first kappa shape index (κ1) is 2.22. The molecule has 2 heteroatoms. The van der Waals surface area contributed by atoms with Crippen molar-refractivity contribution in [2.45, 2.75) is 0 Å². The fourth-order valence-corrected chi connectivity index (χ4v) is 0.125.